The van der Waals surface area contributed by atoms with Crippen molar-refractivity contribution in [2.45, 2.75) is 25.8 Å². The summed E-state index contributed by atoms with van der Waals surface area (Å²) >= 11 is 5.58. The van der Waals surface area contributed by atoms with E-state index in [4.69, 9.17) is 11.6 Å². The first-order valence-corrected chi connectivity index (χ1v) is 5.54. The third-order valence-corrected chi connectivity index (χ3v) is 2.34. The third kappa shape index (κ3) is 4.30. The minimum atomic E-state index is -0.0785. The number of halogens is 1. The van der Waals surface area contributed by atoms with Crippen molar-refractivity contribution < 1.29 is 4.79 Å². The largest absolute Gasteiger partial charge is 0.350 e. The van der Waals surface area contributed by atoms with Gasteiger partial charge in [0.15, 0.2) is 0 Å². The van der Waals surface area contributed by atoms with Gasteiger partial charge in [0.25, 0.3) is 5.91 Å². The molecule has 0 aliphatic carbocycles. The fraction of sp³-hybridized carbons (Fsp3) is 0.455. The fourth-order valence-electron chi connectivity index (χ4n) is 1.26. The Labute approximate surface area is 94.9 Å². The second kappa shape index (κ2) is 6.40. The standard InChI is InChI=1S/C11H15ClN2O/c1-9(4-2-6-12)14-11(15)10-5-3-7-13-8-10/h3,5,7-9H,2,4,6H2,1H3,(H,14,15). The summed E-state index contributed by atoms with van der Waals surface area (Å²) in [6, 6.07) is 3.64. The molecule has 0 aromatic carbocycles. The van der Waals surface area contributed by atoms with E-state index in [1.807, 2.05) is 6.92 Å². The normalized spacial score (nSPS) is 12.1. The van der Waals surface area contributed by atoms with Gasteiger partial charge in [-0.3, -0.25) is 9.78 Å². The molecular formula is C11H15ClN2O. The quantitative estimate of drug-likeness (QED) is 0.783. The summed E-state index contributed by atoms with van der Waals surface area (Å²) < 4.78 is 0. The summed E-state index contributed by atoms with van der Waals surface area (Å²) in [4.78, 5) is 15.5. The summed E-state index contributed by atoms with van der Waals surface area (Å²) in [6.45, 7) is 1.97. The first-order chi connectivity index (χ1) is 7.24. The molecule has 82 valence electrons. The molecule has 0 bridgehead atoms. The van der Waals surface area contributed by atoms with Crippen LogP contribution in [0.15, 0.2) is 24.5 Å². The van der Waals surface area contributed by atoms with Crippen LogP contribution in [0.3, 0.4) is 0 Å². The summed E-state index contributed by atoms with van der Waals surface area (Å²) in [5, 5.41) is 2.89. The molecule has 1 rings (SSSR count). The number of aromatic nitrogens is 1. The average molecular weight is 227 g/mol. The topological polar surface area (TPSA) is 42.0 Å². The van der Waals surface area contributed by atoms with E-state index in [2.05, 4.69) is 10.3 Å². The van der Waals surface area contributed by atoms with Crippen LogP contribution in [-0.2, 0) is 0 Å². The van der Waals surface area contributed by atoms with Gasteiger partial charge in [0.2, 0.25) is 0 Å². The lowest BCUT2D eigenvalue weighted by molar-refractivity contribution is 0.0938. The predicted molar refractivity (Wildman–Crippen MR) is 61.1 cm³/mol. The lowest BCUT2D eigenvalue weighted by Crippen LogP contribution is -2.32. The van der Waals surface area contributed by atoms with Crippen molar-refractivity contribution in [1.82, 2.24) is 10.3 Å². The van der Waals surface area contributed by atoms with E-state index in [-0.39, 0.29) is 11.9 Å². The van der Waals surface area contributed by atoms with E-state index in [1.54, 1.807) is 24.5 Å². The zero-order chi connectivity index (χ0) is 11.1. The second-order valence-corrected chi connectivity index (χ2v) is 3.83. The van der Waals surface area contributed by atoms with E-state index in [9.17, 15) is 4.79 Å². The van der Waals surface area contributed by atoms with Crippen molar-refractivity contribution in [2.75, 3.05) is 5.88 Å². The van der Waals surface area contributed by atoms with Crippen LogP contribution in [-0.4, -0.2) is 22.8 Å². The number of alkyl halides is 1. The van der Waals surface area contributed by atoms with Crippen LogP contribution in [0.5, 0.6) is 0 Å². The summed E-state index contributed by atoms with van der Waals surface area (Å²) in [6.07, 6.45) is 5.02. The number of nitrogens with zero attached hydrogens (tertiary/aromatic N) is 1. The number of carbonyl (C=O) groups excluding carboxylic acids is 1. The maximum atomic E-state index is 11.6. The Morgan fingerprint density at radius 2 is 2.47 bits per heavy atom. The number of hydrogen-bond acceptors (Lipinski definition) is 2. The van der Waals surface area contributed by atoms with Crippen molar-refractivity contribution in [2.24, 2.45) is 0 Å². The van der Waals surface area contributed by atoms with Crippen LogP contribution in [0.4, 0.5) is 0 Å². The molecular weight excluding hydrogens is 212 g/mol. The molecule has 0 fully saturated rings. The van der Waals surface area contributed by atoms with E-state index in [0.29, 0.717) is 11.4 Å². The number of carbonyl (C=O) groups is 1. The lowest BCUT2D eigenvalue weighted by Gasteiger charge is -2.12. The van der Waals surface area contributed by atoms with Gasteiger partial charge in [-0.2, -0.15) is 0 Å². The Bertz CT molecular complexity index is 303. The van der Waals surface area contributed by atoms with Gasteiger partial charge in [0.1, 0.15) is 0 Å². The molecule has 1 unspecified atom stereocenters. The third-order valence-electron chi connectivity index (χ3n) is 2.07. The van der Waals surface area contributed by atoms with Gasteiger partial charge in [-0.05, 0) is 31.9 Å². The number of nitrogens with one attached hydrogen (secondary N) is 1. The number of amides is 1. The Morgan fingerprint density at radius 1 is 1.67 bits per heavy atom. The maximum Gasteiger partial charge on any atom is 0.253 e. The van der Waals surface area contributed by atoms with E-state index >= 15 is 0 Å². The molecule has 1 atom stereocenters. The molecule has 0 spiro atoms. The smallest absolute Gasteiger partial charge is 0.253 e. The molecule has 0 saturated heterocycles. The van der Waals surface area contributed by atoms with E-state index in [0.717, 1.165) is 12.8 Å². The Balaban J connectivity index is 2.42. The van der Waals surface area contributed by atoms with E-state index < -0.39 is 0 Å². The molecule has 1 heterocycles. The molecule has 3 nitrogen and oxygen atoms in total. The van der Waals surface area contributed by atoms with Crippen LogP contribution in [0, 0.1) is 0 Å². The first kappa shape index (κ1) is 12.0. The van der Waals surface area contributed by atoms with Gasteiger partial charge in [0.05, 0.1) is 5.56 Å². The van der Waals surface area contributed by atoms with Crippen molar-refractivity contribution >= 4 is 17.5 Å². The molecule has 0 aliphatic heterocycles. The van der Waals surface area contributed by atoms with Crippen LogP contribution in [0.25, 0.3) is 0 Å². The highest BCUT2D eigenvalue weighted by Crippen LogP contribution is 2.01. The summed E-state index contributed by atoms with van der Waals surface area (Å²) in [5.41, 5.74) is 0.593. The molecule has 0 aliphatic rings. The minimum Gasteiger partial charge on any atom is -0.350 e. The zero-order valence-electron chi connectivity index (χ0n) is 8.74. The summed E-state index contributed by atoms with van der Waals surface area (Å²) in [7, 11) is 0. The highest BCUT2D eigenvalue weighted by atomic mass is 35.5. The van der Waals surface area contributed by atoms with Gasteiger partial charge in [0, 0.05) is 24.3 Å². The fourth-order valence-corrected chi connectivity index (χ4v) is 1.41. The monoisotopic (exact) mass is 226 g/mol. The number of hydrogen-bond donors (Lipinski definition) is 1. The van der Waals surface area contributed by atoms with Crippen molar-refractivity contribution in [3.63, 3.8) is 0 Å². The molecule has 1 N–H and O–H groups in total. The van der Waals surface area contributed by atoms with Gasteiger partial charge >= 0.3 is 0 Å². The van der Waals surface area contributed by atoms with Gasteiger partial charge < -0.3 is 5.32 Å². The lowest BCUT2D eigenvalue weighted by atomic mass is 10.2. The van der Waals surface area contributed by atoms with E-state index in [1.165, 1.54) is 0 Å². The van der Waals surface area contributed by atoms with Gasteiger partial charge in [-0.1, -0.05) is 0 Å². The average Bonchev–Trinajstić information content (AvgIpc) is 2.27. The number of pyridine rings is 1. The van der Waals surface area contributed by atoms with Crippen molar-refractivity contribution in [3.8, 4) is 0 Å². The van der Waals surface area contributed by atoms with Gasteiger partial charge in [-0.25, -0.2) is 0 Å². The molecule has 0 saturated carbocycles. The van der Waals surface area contributed by atoms with Crippen molar-refractivity contribution in [3.05, 3.63) is 30.1 Å². The molecule has 15 heavy (non-hydrogen) atoms. The zero-order valence-corrected chi connectivity index (χ0v) is 9.50. The highest BCUT2D eigenvalue weighted by molar-refractivity contribution is 6.17. The SMILES string of the molecule is CC(CCCCl)NC(=O)c1cccnc1. The highest BCUT2D eigenvalue weighted by Gasteiger charge is 2.08. The minimum absolute atomic E-state index is 0.0785. The molecule has 1 amide bonds. The Kier molecular flexibility index (Phi) is 5.12. The Morgan fingerprint density at radius 3 is 3.07 bits per heavy atom. The molecule has 1 aromatic rings. The van der Waals surface area contributed by atoms with Crippen LogP contribution in [0.2, 0.25) is 0 Å². The van der Waals surface area contributed by atoms with Gasteiger partial charge in [-0.15, -0.1) is 11.6 Å². The van der Waals surface area contributed by atoms with Crippen LogP contribution >= 0.6 is 11.6 Å². The molecule has 4 heteroatoms. The Hall–Kier alpha value is -1.09. The van der Waals surface area contributed by atoms with Crippen LogP contribution < -0.4 is 5.32 Å². The molecule has 0 radical (unpaired) electrons. The van der Waals surface area contributed by atoms with Crippen molar-refractivity contribution in [1.29, 1.82) is 0 Å². The molecule has 1 aromatic heterocycles. The van der Waals surface area contributed by atoms with Crippen LogP contribution in [0.1, 0.15) is 30.1 Å². The number of rotatable bonds is 5. The maximum absolute atomic E-state index is 11.6. The first-order valence-electron chi connectivity index (χ1n) is 5.01. The summed E-state index contributed by atoms with van der Waals surface area (Å²) in [5.74, 6) is 0.554. The predicted octanol–water partition coefficient (Wildman–Crippen LogP) is 2.22. The second-order valence-electron chi connectivity index (χ2n) is 3.45.